The molecule has 2 N–H and O–H groups in total. The Morgan fingerprint density at radius 2 is 1.95 bits per heavy atom. The molecule has 3 aromatic rings. The molecule has 1 aliphatic rings. The summed E-state index contributed by atoms with van der Waals surface area (Å²) in [6.45, 7) is 5.49. The van der Waals surface area contributed by atoms with Crippen LogP contribution in [0.5, 0.6) is 0 Å². The monoisotopic (exact) mass is 295 g/mol. The molecule has 4 heterocycles. The predicted molar refractivity (Wildman–Crippen MR) is 79.1 cm³/mol. The van der Waals surface area contributed by atoms with Crippen LogP contribution in [-0.4, -0.2) is 36.3 Å². The Labute approximate surface area is 125 Å². The molecule has 0 fully saturated rings. The number of hydrogen-bond donors (Lipinski definition) is 2. The van der Waals surface area contributed by atoms with Crippen LogP contribution in [0.4, 0.5) is 5.82 Å². The minimum atomic E-state index is -0.720. The van der Waals surface area contributed by atoms with Gasteiger partial charge in [-0.2, -0.15) is 5.10 Å². The number of aromatic nitrogens is 6. The smallest absolute Gasteiger partial charge is 0.237 e. The summed E-state index contributed by atoms with van der Waals surface area (Å²) in [4.78, 5) is 20.7. The van der Waals surface area contributed by atoms with E-state index in [-0.39, 0.29) is 5.91 Å². The Hall–Kier alpha value is -2.90. The van der Waals surface area contributed by atoms with Gasteiger partial charge < -0.3 is 5.32 Å². The molecule has 8 heteroatoms. The van der Waals surface area contributed by atoms with Crippen molar-refractivity contribution in [2.24, 2.45) is 0 Å². The second-order valence-electron chi connectivity index (χ2n) is 5.83. The number of anilines is 1. The molecule has 3 aromatic heterocycles. The van der Waals surface area contributed by atoms with E-state index in [1.54, 1.807) is 13.8 Å². The Morgan fingerprint density at radius 1 is 1.14 bits per heavy atom. The number of carbonyl (C=O) groups excluding carboxylic acids is 1. The first-order chi connectivity index (χ1) is 10.5. The summed E-state index contributed by atoms with van der Waals surface area (Å²) in [5.41, 5.74) is 1.95. The summed E-state index contributed by atoms with van der Waals surface area (Å²) in [6.07, 6.45) is 0. The van der Waals surface area contributed by atoms with Gasteiger partial charge in [0.25, 0.3) is 0 Å². The third kappa shape index (κ3) is 1.63. The van der Waals surface area contributed by atoms with E-state index in [0.29, 0.717) is 28.7 Å². The zero-order chi connectivity index (χ0) is 15.5. The molecule has 0 unspecified atom stereocenters. The van der Waals surface area contributed by atoms with Crippen LogP contribution in [0.15, 0.2) is 12.1 Å². The van der Waals surface area contributed by atoms with Crippen molar-refractivity contribution in [1.29, 1.82) is 0 Å². The second-order valence-corrected chi connectivity index (χ2v) is 5.83. The summed E-state index contributed by atoms with van der Waals surface area (Å²) in [6, 6.07) is 3.81. The predicted octanol–water partition coefficient (Wildman–Crippen LogP) is 1.35. The van der Waals surface area contributed by atoms with Crippen molar-refractivity contribution < 1.29 is 4.79 Å². The van der Waals surface area contributed by atoms with Crippen molar-refractivity contribution >= 4 is 22.8 Å². The first kappa shape index (κ1) is 12.8. The summed E-state index contributed by atoms with van der Waals surface area (Å²) in [5.74, 6) is 0.695. The summed E-state index contributed by atoms with van der Waals surface area (Å²) >= 11 is 0. The molecule has 1 aliphatic heterocycles. The lowest BCUT2D eigenvalue weighted by Gasteiger charge is -2.11. The number of aromatic amines is 1. The molecular formula is C14H13N7O. The van der Waals surface area contributed by atoms with E-state index in [1.807, 2.05) is 19.1 Å². The van der Waals surface area contributed by atoms with Gasteiger partial charge in [-0.25, -0.2) is 9.97 Å². The number of nitrogens with one attached hydrogen (secondary N) is 2. The molecular weight excluding hydrogens is 282 g/mol. The van der Waals surface area contributed by atoms with E-state index in [0.717, 1.165) is 11.1 Å². The highest BCUT2D eigenvalue weighted by atomic mass is 16.2. The molecule has 0 aliphatic carbocycles. The van der Waals surface area contributed by atoms with Gasteiger partial charge in [0.2, 0.25) is 11.7 Å². The second kappa shape index (κ2) is 4.06. The molecule has 110 valence electrons. The first-order valence-electron chi connectivity index (χ1n) is 6.85. The molecule has 0 bridgehead atoms. The van der Waals surface area contributed by atoms with Crippen LogP contribution in [0.25, 0.3) is 22.6 Å². The molecule has 8 nitrogen and oxygen atoms in total. The van der Waals surface area contributed by atoms with Crippen LogP contribution >= 0.6 is 0 Å². The van der Waals surface area contributed by atoms with E-state index < -0.39 is 5.41 Å². The van der Waals surface area contributed by atoms with E-state index in [9.17, 15) is 4.79 Å². The van der Waals surface area contributed by atoms with Gasteiger partial charge in [0, 0.05) is 5.69 Å². The number of aryl methyl sites for hydroxylation is 1. The topological polar surface area (TPSA) is 109 Å². The Balaban J connectivity index is 1.87. The lowest BCUT2D eigenvalue weighted by molar-refractivity contribution is -0.119. The summed E-state index contributed by atoms with van der Waals surface area (Å²) in [7, 11) is 0. The van der Waals surface area contributed by atoms with Crippen molar-refractivity contribution in [2.75, 3.05) is 5.32 Å². The highest BCUT2D eigenvalue weighted by Crippen LogP contribution is 2.35. The number of nitrogens with zero attached hydrogens (tertiary/aromatic N) is 5. The van der Waals surface area contributed by atoms with Crippen LogP contribution in [-0.2, 0) is 10.2 Å². The van der Waals surface area contributed by atoms with Crippen molar-refractivity contribution in [1.82, 2.24) is 30.4 Å². The fourth-order valence-electron chi connectivity index (χ4n) is 2.47. The molecule has 0 radical (unpaired) electrons. The largest absolute Gasteiger partial charge is 0.308 e. The zero-order valence-electron chi connectivity index (χ0n) is 12.3. The number of pyridine rings is 1. The van der Waals surface area contributed by atoms with E-state index >= 15 is 0 Å². The van der Waals surface area contributed by atoms with Crippen molar-refractivity contribution in [3.63, 3.8) is 0 Å². The van der Waals surface area contributed by atoms with Gasteiger partial charge in [0.05, 0.1) is 10.8 Å². The molecule has 0 saturated carbocycles. The fourth-order valence-corrected chi connectivity index (χ4v) is 2.47. The molecule has 0 spiro atoms. The van der Waals surface area contributed by atoms with Crippen molar-refractivity contribution in [3.05, 3.63) is 23.5 Å². The van der Waals surface area contributed by atoms with Crippen LogP contribution in [0.1, 0.15) is 25.2 Å². The Kier molecular flexibility index (Phi) is 2.37. The zero-order valence-corrected chi connectivity index (χ0v) is 12.3. The maximum absolute atomic E-state index is 12.0. The summed E-state index contributed by atoms with van der Waals surface area (Å²) in [5, 5.41) is 18.9. The van der Waals surface area contributed by atoms with Gasteiger partial charge >= 0.3 is 0 Å². The highest BCUT2D eigenvalue weighted by Gasteiger charge is 2.41. The third-order valence-corrected chi connectivity index (χ3v) is 3.86. The molecule has 4 rings (SSSR count). The maximum Gasteiger partial charge on any atom is 0.237 e. The number of H-pyrrole nitrogens is 1. The highest BCUT2D eigenvalue weighted by molar-refractivity contribution is 6.04. The van der Waals surface area contributed by atoms with E-state index in [2.05, 4.69) is 35.7 Å². The molecule has 22 heavy (non-hydrogen) atoms. The lowest BCUT2D eigenvalue weighted by atomic mass is 9.91. The van der Waals surface area contributed by atoms with Gasteiger partial charge in [0.1, 0.15) is 11.4 Å². The van der Waals surface area contributed by atoms with E-state index in [4.69, 9.17) is 0 Å². The third-order valence-electron chi connectivity index (χ3n) is 3.86. The minimum absolute atomic E-state index is 0.131. The normalized spacial score (nSPS) is 15.9. The van der Waals surface area contributed by atoms with Crippen LogP contribution in [0.3, 0.4) is 0 Å². The number of rotatable bonds is 1. The molecule has 0 saturated heterocycles. The molecule has 1 amide bonds. The molecule has 0 aromatic carbocycles. The Bertz CT molecular complexity index is 928. The van der Waals surface area contributed by atoms with Gasteiger partial charge in [0.15, 0.2) is 11.5 Å². The average Bonchev–Trinajstić information content (AvgIpc) is 2.98. The van der Waals surface area contributed by atoms with Crippen LogP contribution in [0, 0.1) is 6.92 Å². The standard InChI is InChI=1S/C14H13N7O/c1-6-4-5-7-8(18-20-10(7)15-6)11-16-12-9(19-21-11)14(2,3)13(22)17-12/h4-5H,1-3H3,(H,15,18,20)(H,16,17,21,22). The van der Waals surface area contributed by atoms with Gasteiger partial charge in [-0.15, -0.1) is 10.2 Å². The van der Waals surface area contributed by atoms with Crippen molar-refractivity contribution in [3.8, 4) is 11.5 Å². The van der Waals surface area contributed by atoms with Crippen molar-refractivity contribution in [2.45, 2.75) is 26.2 Å². The van der Waals surface area contributed by atoms with E-state index in [1.165, 1.54) is 0 Å². The number of carbonyl (C=O) groups is 1. The SMILES string of the molecule is Cc1ccc2c(-c3nnc4c(n3)NC(=O)C4(C)C)[nH]nc2n1. The lowest BCUT2D eigenvalue weighted by Crippen LogP contribution is -2.27. The number of amides is 1. The van der Waals surface area contributed by atoms with Gasteiger partial charge in [-0.05, 0) is 32.9 Å². The fraction of sp³-hybridized carbons (Fsp3) is 0.286. The minimum Gasteiger partial charge on any atom is -0.308 e. The molecule has 0 atom stereocenters. The number of hydrogen-bond acceptors (Lipinski definition) is 6. The number of fused-ring (bicyclic) bond motifs is 2. The summed E-state index contributed by atoms with van der Waals surface area (Å²) < 4.78 is 0. The van der Waals surface area contributed by atoms with Crippen LogP contribution < -0.4 is 5.32 Å². The quantitative estimate of drug-likeness (QED) is 0.701. The van der Waals surface area contributed by atoms with Gasteiger partial charge in [-0.3, -0.25) is 9.89 Å². The van der Waals surface area contributed by atoms with Crippen LogP contribution in [0.2, 0.25) is 0 Å². The maximum atomic E-state index is 12.0. The first-order valence-corrected chi connectivity index (χ1v) is 6.85. The van der Waals surface area contributed by atoms with Gasteiger partial charge in [-0.1, -0.05) is 0 Å². The Morgan fingerprint density at radius 3 is 2.77 bits per heavy atom. The average molecular weight is 295 g/mol.